The zero-order valence-corrected chi connectivity index (χ0v) is 13.2. The molecule has 2 N–H and O–H groups in total. The molecule has 0 saturated carbocycles. The van der Waals surface area contributed by atoms with Crippen molar-refractivity contribution in [2.24, 2.45) is 5.73 Å². The van der Waals surface area contributed by atoms with Crippen LogP contribution < -0.4 is 5.73 Å². The maximum atomic E-state index is 6.25. The van der Waals surface area contributed by atoms with Gasteiger partial charge in [0.2, 0.25) is 0 Å². The molecule has 0 bridgehead atoms. The van der Waals surface area contributed by atoms with Crippen molar-refractivity contribution in [1.82, 2.24) is 14.7 Å². The van der Waals surface area contributed by atoms with Crippen LogP contribution in [0.3, 0.4) is 0 Å². The van der Waals surface area contributed by atoms with E-state index in [9.17, 15) is 0 Å². The van der Waals surface area contributed by atoms with Crippen LogP contribution in [0.25, 0.3) is 0 Å². The SMILES string of the molecule is CC1CC(CN)(N2CCCN(C)CC2C)CCN1C. The second kappa shape index (κ2) is 6.08. The van der Waals surface area contributed by atoms with Gasteiger partial charge < -0.3 is 15.5 Å². The van der Waals surface area contributed by atoms with Crippen molar-refractivity contribution in [3.63, 3.8) is 0 Å². The molecule has 3 atom stereocenters. The van der Waals surface area contributed by atoms with Crippen LogP contribution in [0.5, 0.6) is 0 Å². The fraction of sp³-hybridized carbons (Fsp3) is 1.00. The zero-order chi connectivity index (χ0) is 14.0. The first-order valence-corrected chi connectivity index (χ1v) is 7.84. The molecule has 2 heterocycles. The Kier molecular flexibility index (Phi) is 4.88. The molecule has 0 aromatic rings. The van der Waals surface area contributed by atoms with E-state index in [-0.39, 0.29) is 5.54 Å². The minimum atomic E-state index is 0.233. The second-order valence-electron chi connectivity index (χ2n) is 6.87. The third-order valence-electron chi connectivity index (χ3n) is 5.39. The Morgan fingerprint density at radius 3 is 2.47 bits per heavy atom. The van der Waals surface area contributed by atoms with E-state index < -0.39 is 0 Å². The fourth-order valence-corrected chi connectivity index (χ4v) is 4.05. The lowest BCUT2D eigenvalue weighted by Gasteiger charge is -2.52. The molecule has 2 fully saturated rings. The van der Waals surface area contributed by atoms with E-state index in [0.717, 1.165) is 6.54 Å². The highest BCUT2D eigenvalue weighted by Crippen LogP contribution is 2.33. The van der Waals surface area contributed by atoms with E-state index in [1.54, 1.807) is 0 Å². The van der Waals surface area contributed by atoms with Crippen molar-refractivity contribution in [2.75, 3.05) is 46.8 Å². The number of hydrogen-bond acceptors (Lipinski definition) is 4. The van der Waals surface area contributed by atoms with Gasteiger partial charge in [0.15, 0.2) is 0 Å². The Bertz CT molecular complexity index is 296. The van der Waals surface area contributed by atoms with Gasteiger partial charge in [0.25, 0.3) is 0 Å². The van der Waals surface area contributed by atoms with Crippen LogP contribution >= 0.6 is 0 Å². The summed E-state index contributed by atoms with van der Waals surface area (Å²) in [5.74, 6) is 0. The fourth-order valence-electron chi connectivity index (χ4n) is 4.05. The van der Waals surface area contributed by atoms with Crippen molar-refractivity contribution in [3.05, 3.63) is 0 Å². The van der Waals surface area contributed by atoms with Gasteiger partial charge in [-0.1, -0.05) is 0 Å². The summed E-state index contributed by atoms with van der Waals surface area (Å²) >= 11 is 0. The van der Waals surface area contributed by atoms with Crippen molar-refractivity contribution >= 4 is 0 Å². The molecule has 4 nitrogen and oxygen atoms in total. The van der Waals surface area contributed by atoms with Crippen LogP contribution in [0.1, 0.15) is 33.1 Å². The molecule has 2 aliphatic rings. The number of rotatable bonds is 2. The molecule has 0 aromatic carbocycles. The molecular weight excluding hydrogens is 236 g/mol. The molecule has 112 valence electrons. The number of nitrogens with two attached hydrogens (primary N) is 1. The summed E-state index contributed by atoms with van der Waals surface area (Å²) in [7, 11) is 4.48. The lowest BCUT2D eigenvalue weighted by molar-refractivity contribution is -0.0105. The first kappa shape index (κ1) is 15.2. The third-order valence-corrected chi connectivity index (χ3v) is 5.39. The summed E-state index contributed by atoms with van der Waals surface area (Å²) < 4.78 is 0. The molecule has 3 unspecified atom stereocenters. The van der Waals surface area contributed by atoms with E-state index in [0.29, 0.717) is 12.1 Å². The van der Waals surface area contributed by atoms with Crippen molar-refractivity contribution in [3.8, 4) is 0 Å². The smallest absolute Gasteiger partial charge is 0.0362 e. The van der Waals surface area contributed by atoms with Gasteiger partial charge in [-0.2, -0.15) is 0 Å². The predicted molar refractivity (Wildman–Crippen MR) is 81.4 cm³/mol. The quantitative estimate of drug-likeness (QED) is 0.804. The van der Waals surface area contributed by atoms with Crippen molar-refractivity contribution in [1.29, 1.82) is 0 Å². The number of nitrogens with zero attached hydrogens (tertiary/aromatic N) is 3. The Morgan fingerprint density at radius 2 is 1.84 bits per heavy atom. The molecule has 0 spiro atoms. The zero-order valence-electron chi connectivity index (χ0n) is 13.2. The average Bonchev–Trinajstić information content (AvgIpc) is 2.54. The minimum absolute atomic E-state index is 0.233. The highest BCUT2D eigenvalue weighted by molar-refractivity contribution is 5.01. The van der Waals surface area contributed by atoms with Gasteiger partial charge in [0.05, 0.1) is 0 Å². The monoisotopic (exact) mass is 268 g/mol. The number of likely N-dealkylation sites (tertiary alicyclic amines) is 1. The molecule has 0 aromatic heterocycles. The molecular formula is C15H32N4. The van der Waals surface area contributed by atoms with Crippen LogP contribution in [0.4, 0.5) is 0 Å². The first-order chi connectivity index (χ1) is 8.98. The van der Waals surface area contributed by atoms with E-state index >= 15 is 0 Å². The summed E-state index contributed by atoms with van der Waals surface area (Å²) in [6.45, 7) is 10.3. The van der Waals surface area contributed by atoms with E-state index in [1.165, 1.54) is 45.4 Å². The van der Waals surface area contributed by atoms with E-state index in [4.69, 9.17) is 5.73 Å². The molecule has 19 heavy (non-hydrogen) atoms. The van der Waals surface area contributed by atoms with Crippen LogP contribution in [0.2, 0.25) is 0 Å². The molecule has 2 saturated heterocycles. The minimum Gasteiger partial charge on any atom is -0.329 e. The maximum absolute atomic E-state index is 6.25. The molecule has 2 rings (SSSR count). The highest BCUT2D eigenvalue weighted by Gasteiger charge is 2.43. The van der Waals surface area contributed by atoms with Crippen LogP contribution in [-0.2, 0) is 0 Å². The van der Waals surface area contributed by atoms with Crippen LogP contribution in [0.15, 0.2) is 0 Å². The summed E-state index contributed by atoms with van der Waals surface area (Å²) in [6, 6.07) is 1.26. The largest absolute Gasteiger partial charge is 0.329 e. The van der Waals surface area contributed by atoms with Crippen molar-refractivity contribution < 1.29 is 0 Å². The number of hydrogen-bond donors (Lipinski definition) is 1. The Balaban J connectivity index is 2.15. The van der Waals surface area contributed by atoms with Crippen LogP contribution in [0, 0.1) is 0 Å². The predicted octanol–water partition coefficient (Wildman–Crippen LogP) is 0.824. The van der Waals surface area contributed by atoms with Gasteiger partial charge in [-0.05, 0) is 60.3 Å². The Labute approximate surface area is 118 Å². The van der Waals surface area contributed by atoms with E-state index in [2.05, 4.69) is 42.6 Å². The first-order valence-electron chi connectivity index (χ1n) is 7.84. The van der Waals surface area contributed by atoms with Gasteiger partial charge in [-0.3, -0.25) is 4.90 Å². The lowest BCUT2D eigenvalue weighted by Crippen LogP contribution is -2.63. The summed E-state index contributed by atoms with van der Waals surface area (Å²) in [5, 5.41) is 0. The van der Waals surface area contributed by atoms with Crippen LogP contribution in [-0.4, -0.2) is 79.1 Å². The van der Waals surface area contributed by atoms with Gasteiger partial charge >= 0.3 is 0 Å². The summed E-state index contributed by atoms with van der Waals surface area (Å²) in [5.41, 5.74) is 6.48. The Morgan fingerprint density at radius 1 is 1.11 bits per heavy atom. The molecule has 2 aliphatic heterocycles. The number of piperidine rings is 1. The third kappa shape index (κ3) is 3.13. The molecule has 0 aliphatic carbocycles. The standard InChI is InChI=1S/C15H32N4/c1-13-10-15(12-16,6-9-18(13)4)19-8-5-7-17(3)11-14(19)2/h13-14H,5-12,16H2,1-4H3. The topological polar surface area (TPSA) is 35.7 Å². The van der Waals surface area contributed by atoms with E-state index in [1.807, 2.05) is 0 Å². The average molecular weight is 268 g/mol. The molecule has 4 heteroatoms. The maximum Gasteiger partial charge on any atom is 0.0362 e. The normalized spacial score (nSPS) is 40.3. The molecule has 0 radical (unpaired) electrons. The van der Waals surface area contributed by atoms with Gasteiger partial charge in [0.1, 0.15) is 0 Å². The summed E-state index contributed by atoms with van der Waals surface area (Å²) in [4.78, 5) is 7.68. The lowest BCUT2D eigenvalue weighted by atomic mass is 9.81. The highest BCUT2D eigenvalue weighted by atomic mass is 15.3. The summed E-state index contributed by atoms with van der Waals surface area (Å²) in [6.07, 6.45) is 3.71. The molecule has 0 amide bonds. The van der Waals surface area contributed by atoms with Gasteiger partial charge in [0, 0.05) is 37.3 Å². The number of likely N-dealkylation sites (N-methyl/N-ethyl adjacent to an activating group) is 1. The van der Waals surface area contributed by atoms with Gasteiger partial charge in [-0.25, -0.2) is 0 Å². The Hall–Kier alpha value is -0.160. The van der Waals surface area contributed by atoms with Gasteiger partial charge in [-0.15, -0.1) is 0 Å². The second-order valence-corrected chi connectivity index (χ2v) is 6.87. The van der Waals surface area contributed by atoms with Crippen molar-refractivity contribution in [2.45, 2.75) is 50.7 Å².